The largest absolute Gasteiger partial charge is 0.360 e. The van der Waals surface area contributed by atoms with E-state index in [1.54, 1.807) is 30.5 Å². The summed E-state index contributed by atoms with van der Waals surface area (Å²) in [5.74, 6) is 0.497. The molecule has 1 aliphatic rings. The van der Waals surface area contributed by atoms with Crippen LogP contribution in [0.5, 0.6) is 0 Å². The first-order valence-corrected chi connectivity index (χ1v) is 9.60. The van der Waals surface area contributed by atoms with Gasteiger partial charge in [-0.25, -0.2) is 8.42 Å². The van der Waals surface area contributed by atoms with Gasteiger partial charge < -0.3 is 9.84 Å². The van der Waals surface area contributed by atoms with Crippen LogP contribution >= 0.6 is 11.3 Å². The van der Waals surface area contributed by atoms with Gasteiger partial charge in [-0.2, -0.15) is 4.31 Å². The van der Waals surface area contributed by atoms with Crippen LogP contribution in [-0.4, -0.2) is 36.4 Å². The Morgan fingerprint density at radius 2 is 2.30 bits per heavy atom. The second-order valence-electron chi connectivity index (χ2n) is 5.37. The van der Waals surface area contributed by atoms with Crippen molar-refractivity contribution in [2.75, 3.05) is 11.9 Å². The van der Waals surface area contributed by atoms with Crippen molar-refractivity contribution >= 4 is 33.1 Å². The number of carbonyl (C=O) groups is 1. The number of aromatic nitrogens is 1. The highest BCUT2D eigenvalue weighted by Crippen LogP contribution is 2.28. The highest BCUT2D eigenvalue weighted by molar-refractivity contribution is 7.91. The Labute approximate surface area is 138 Å². The fourth-order valence-corrected chi connectivity index (χ4v) is 5.39. The second-order valence-corrected chi connectivity index (χ2v) is 8.44. The molecule has 0 unspecified atom stereocenters. The van der Waals surface area contributed by atoms with Gasteiger partial charge in [-0.15, -0.1) is 11.3 Å². The van der Waals surface area contributed by atoms with Crippen LogP contribution in [0.4, 0.5) is 5.82 Å². The first kappa shape index (κ1) is 16.2. The van der Waals surface area contributed by atoms with Gasteiger partial charge in [0.2, 0.25) is 5.91 Å². The Hall–Kier alpha value is -1.71. The van der Waals surface area contributed by atoms with Crippen LogP contribution in [0, 0.1) is 6.92 Å². The van der Waals surface area contributed by atoms with Crippen molar-refractivity contribution in [2.45, 2.75) is 36.4 Å². The van der Waals surface area contributed by atoms with E-state index in [1.165, 1.54) is 4.31 Å². The molecule has 3 heterocycles. The molecule has 1 aliphatic heterocycles. The van der Waals surface area contributed by atoms with Crippen molar-refractivity contribution in [3.8, 4) is 0 Å². The average Bonchev–Trinajstić information content (AvgIpc) is 3.19. The number of hydrogen-bond donors (Lipinski definition) is 1. The molecule has 1 N–H and O–H groups in total. The maximum atomic E-state index is 12.7. The Morgan fingerprint density at radius 3 is 2.96 bits per heavy atom. The van der Waals surface area contributed by atoms with Crippen LogP contribution in [0.15, 0.2) is 32.3 Å². The molecule has 1 fully saturated rings. The van der Waals surface area contributed by atoms with Crippen molar-refractivity contribution < 1.29 is 17.7 Å². The number of aryl methyl sites for hydroxylation is 1. The number of anilines is 1. The molecule has 1 amide bonds. The molecule has 0 spiro atoms. The van der Waals surface area contributed by atoms with E-state index in [1.807, 2.05) is 0 Å². The van der Waals surface area contributed by atoms with E-state index in [2.05, 4.69) is 10.5 Å². The predicted octanol–water partition coefficient (Wildman–Crippen LogP) is 2.23. The zero-order valence-corrected chi connectivity index (χ0v) is 14.2. The lowest BCUT2D eigenvalue weighted by Crippen LogP contribution is -2.49. The minimum absolute atomic E-state index is 0.259. The molecule has 1 atom stereocenters. The summed E-state index contributed by atoms with van der Waals surface area (Å²) < 4.78 is 31.9. The summed E-state index contributed by atoms with van der Waals surface area (Å²) in [4.78, 5) is 12.5. The summed E-state index contributed by atoms with van der Waals surface area (Å²) in [6.07, 6.45) is 2.05. The molecule has 3 rings (SSSR count). The Morgan fingerprint density at radius 1 is 1.48 bits per heavy atom. The molecule has 1 saturated heterocycles. The van der Waals surface area contributed by atoms with E-state index < -0.39 is 16.1 Å². The number of sulfonamides is 1. The third-order valence-electron chi connectivity index (χ3n) is 3.69. The Kier molecular flexibility index (Phi) is 4.51. The summed E-state index contributed by atoms with van der Waals surface area (Å²) in [6, 6.07) is 4.12. The van der Waals surface area contributed by atoms with Crippen molar-refractivity contribution in [1.82, 2.24) is 9.46 Å². The van der Waals surface area contributed by atoms with Crippen LogP contribution in [-0.2, 0) is 14.8 Å². The zero-order valence-electron chi connectivity index (χ0n) is 12.6. The average molecular weight is 355 g/mol. The van der Waals surface area contributed by atoms with Gasteiger partial charge in [-0.3, -0.25) is 4.79 Å². The normalized spacial score (nSPS) is 19.6. The minimum Gasteiger partial charge on any atom is -0.360 e. The lowest BCUT2D eigenvalue weighted by molar-refractivity contribution is -0.120. The highest BCUT2D eigenvalue weighted by atomic mass is 32.2. The summed E-state index contributed by atoms with van der Waals surface area (Å²) in [5, 5.41) is 8.06. The number of carbonyl (C=O) groups excluding carboxylic acids is 1. The SMILES string of the molecule is Cc1cc(NC(=O)[C@@H]2CCCCN2S(=O)(=O)c2cccs2)no1. The maximum absolute atomic E-state index is 12.7. The standard InChI is InChI=1S/C14H17N3O4S2/c1-10-9-12(16-21-10)15-14(18)11-5-2-3-7-17(11)23(19,20)13-6-4-8-22-13/h4,6,8-9,11H,2-3,5,7H2,1H3,(H,15,16,18)/t11-/m0/s1. The quantitative estimate of drug-likeness (QED) is 0.908. The molecule has 0 aromatic carbocycles. The van der Waals surface area contributed by atoms with E-state index in [-0.39, 0.29) is 10.1 Å². The minimum atomic E-state index is -3.65. The molecule has 2 aromatic heterocycles. The van der Waals surface area contributed by atoms with Crippen molar-refractivity contribution in [3.05, 3.63) is 29.3 Å². The number of thiophene rings is 1. The topological polar surface area (TPSA) is 92.5 Å². The zero-order chi connectivity index (χ0) is 16.4. The molecular weight excluding hydrogens is 338 g/mol. The molecule has 23 heavy (non-hydrogen) atoms. The summed E-state index contributed by atoms with van der Waals surface area (Å²) in [7, 11) is -3.65. The molecule has 0 bridgehead atoms. The molecule has 0 saturated carbocycles. The third kappa shape index (κ3) is 3.31. The number of nitrogens with zero attached hydrogens (tertiary/aromatic N) is 2. The van der Waals surface area contributed by atoms with E-state index in [9.17, 15) is 13.2 Å². The van der Waals surface area contributed by atoms with Gasteiger partial charge in [-0.05, 0) is 31.2 Å². The van der Waals surface area contributed by atoms with Crippen molar-refractivity contribution in [2.24, 2.45) is 0 Å². The predicted molar refractivity (Wildman–Crippen MR) is 85.7 cm³/mol. The van der Waals surface area contributed by atoms with Crippen molar-refractivity contribution in [1.29, 1.82) is 0 Å². The van der Waals surface area contributed by atoms with Gasteiger partial charge in [0.15, 0.2) is 5.82 Å². The van der Waals surface area contributed by atoms with Gasteiger partial charge >= 0.3 is 0 Å². The van der Waals surface area contributed by atoms with Gasteiger partial charge in [0.05, 0.1) is 0 Å². The summed E-state index contributed by atoms with van der Waals surface area (Å²) in [6.45, 7) is 2.06. The van der Waals surface area contributed by atoms with E-state index in [0.717, 1.165) is 24.2 Å². The molecule has 9 heteroatoms. The number of piperidine rings is 1. The lowest BCUT2D eigenvalue weighted by Gasteiger charge is -2.32. The van der Waals surface area contributed by atoms with Crippen LogP contribution in [0.3, 0.4) is 0 Å². The van der Waals surface area contributed by atoms with Gasteiger partial charge in [-0.1, -0.05) is 17.6 Å². The van der Waals surface area contributed by atoms with E-state index in [0.29, 0.717) is 24.5 Å². The number of rotatable bonds is 4. The number of nitrogens with one attached hydrogen (secondary N) is 1. The molecule has 0 radical (unpaired) electrons. The fourth-order valence-electron chi connectivity index (χ4n) is 2.62. The molecule has 0 aliphatic carbocycles. The monoisotopic (exact) mass is 355 g/mol. The second kappa shape index (κ2) is 6.42. The molecule has 7 nitrogen and oxygen atoms in total. The Bertz CT molecular complexity index is 783. The first-order valence-electron chi connectivity index (χ1n) is 7.28. The summed E-state index contributed by atoms with van der Waals surface area (Å²) >= 11 is 1.16. The van der Waals surface area contributed by atoms with E-state index >= 15 is 0 Å². The lowest BCUT2D eigenvalue weighted by atomic mass is 10.0. The Balaban J connectivity index is 1.82. The molecular formula is C14H17N3O4S2. The number of amides is 1. The smallest absolute Gasteiger partial charge is 0.253 e. The summed E-state index contributed by atoms with van der Waals surface area (Å²) in [5.41, 5.74) is 0. The van der Waals surface area contributed by atoms with Gasteiger partial charge in [0, 0.05) is 12.6 Å². The van der Waals surface area contributed by atoms with Crippen LogP contribution < -0.4 is 5.32 Å². The van der Waals surface area contributed by atoms with E-state index in [4.69, 9.17) is 4.52 Å². The van der Waals surface area contributed by atoms with Gasteiger partial charge in [0.25, 0.3) is 10.0 Å². The first-order chi connectivity index (χ1) is 11.0. The maximum Gasteiger partial charge on any atom is 0.253 e. The highest BCUT2D eigenvalue weighted by Gasteiger charge is 2.38. The molecule has 124 valence electrons. The third-order valence-corrected chi connectivity index (χ3v) is 6.97. The van der Waals surface area contributed by atoms with Crippen molar-refractivity contribution in [3.63, 3.8) is 0 Å². The van der Waals surface area contributed by atoms with Crippen LogP contribution in [0.25, 0.3) is 0 Å². The number of hydrogen-bond acceptors (Lipinski definition) is 6. The van der Waals surface area contributed by atoms with Crippen LogP contribution in [0.2, 0.25) is 0 Å². The molecule has 2 aromatic rings. The fraction of sp³-hybridized carbons (Fsp3) is 0.429. The van der Waals surface area contributed by atoms with Crippen LogP contribution in [0.1, 0.15) is 25.0 Å². The van der Waals surface area contributed by atoms with Gasteiger partial charge in [0.1, 0.15) is 16.0 Å².